The predicted molar refractivity (Wildman–Crippen MR) is 91.1 cm³/mol. The number of nitrogens with zero attached hydrogens (tertiary/aromatic N) is 1. The summed E-state index contributed by atoms with van der Waals surface area (Å²) in [6.07, 6.45) is 0. The summed E-state index contributed by atoms with van der Waals surface area (Å²) in [6.45, 7) is 0.656. The fourth-order valence-electron chi connectivity index (χ4n) is 1.83. The Hall–Kier alpha value is -0.810. The van der Waals surface area contributed by atoms with Crippen molar-refractivity contribution in [2.45, 2.75) is 6.54 Å². The van der Waals surface area contributed by atoms with Gasteiger partial charge in [-0.3, -0.25) is 0 Å². The van der Waals surface area contributed by atoms with Crippen LogP contribution < -0.4 is 5.32 Å². The SMILES string of the molecule is Clc1ccc2sc(CNc3cccc(Br)c3)nc2c1Cl. The molecule has 1 heterocycles. The van der Waals surface area contributed by atoms with Crippen molar-refractivity contribution in [1.82, 2.24) is 4.98 Å². The molecule has 0 aliphatic heterocycles. The van der Waals surface area contributed by atoms with Gasteiger partial charge in [0, 0.05) is 10.2 Å². The van der Waals surface area contributed by atoms with Crippen molar-refractivity contribution in [2.24, 2.45) is 0 Å². The van der Waals surface area contributed by atoms with E-state index in [9.17, 15) is 0 Å². The second kappa shape index (κ2) is 5.90. The molecular weight excluding hydrogens is 379 g/mol. The number of thiazole rings is 1. The molecule has 2 aromatic carbocycles. The molecule has 20 heavy (non-hydrogen) atoms. The Kier molecular flexibility index (Phi) is 4.17. The van der Waals surface area contributed by atoms with Gasteiger partial charge in [0.1, 0.15) is 10.5 Å². The first kappa shape index (κ1) is 14.1. The van der Waals surface area contributed by atoms with E-state index in [-0.39, 0.29) is 0 Å². The minimum absolute atomic E-state index is 0.522. The van der Waals surface area contributed by atoms with Crippen molar-refractivity contribution in [3.05, 3.63) is 55.9 Å². The van der Waals surface area contributed by atoms with Crippen LogP contribution in [0, 0.1) is 0 Å². The summed E-state index contributed by atoms with van der Waals surface area (Å²) in [7, 11) is 0. The summed E-state index contributed by atoms with van der Waals surface area (Å²) >= 11 is 17.2. The number of fused-ring (bicyclic) bond motifs is 1. The van der Waals surface area contributed by atoms with Crippen molar-refractivity contribution in [3.8, 4) is 0 Å². The minimum Gasteiger partial charge on any atom is -0.378 e. The first-order valence-corrected chi connectivity index (χ1v) is 8.23. The summed E-state index contributed by atoms with van der Waals surface area (Å²) in [5, 5.41) is 5.37. The summed E-state index contributed by atoms with van der Waals surface area (Å²) in [5.41, 5.74) is 1.82. The molecule has 2 nitrogen and oxygen atoms in total. The second-order valence-corrected chi connectivity index (χ2v) is 7.00. The molecule has 0 radical (unpaired) electrons. The number of nitrogens with one attached hydrogen (secondary N) is 1. The van der Waals surface area contributed by atoms with Gasteiger partial charge in [0.2, 0.25) is 0 Å². The number of aromatic nitrogens is 1. The van der Waals surface area contributed by atoms with Crippen LogP contribution in [0.15, 0.2) is 40.9 Å². The van der Waals surface area contributed by atoms with Crippen LogP contribution in [0.4, 0.5) is 5.69 Å². The lowest BCUT2D eigenvalue weighted by molar-refractivity contribution is 1.12. The standard InChI is InChI=1S/C14H9BrCl2N2S/c15-8-2-1-3-9(6-8)18-7-12-19-14-11(20-12)5-4-10(16)13(14)17/h1-6,18H,7H2. The second-order valence-electron chi connectivity index (χ2n) is 4.18. The van der Waals surface area contributed by atoms with Crippen LogP contribution >= 0.6 is 50.5 Å². The highest BCUT2D eigenvalue weighted by Crippen LogP contribution is 2.33. The van der Waals surface area contributed by atoms with E-state index in [2.05, 4.69) is 26.2 Å². The Morgan fingerprint density at radius 2 is 2.05 bits per heavy atom. The van der Waals surface area contributed by atoms with Gasteiger partial charge in [-0.25, -0.2) is 4.98 Å². The molecule has 0 spiro atoms. The van der Waals surface area contributed by atoms with E-state index in [0.29, 0.717) is 16.6 Å². The Morgan fingerprint density at radius 1 is 1.20 bits per heavy atom. The quantitative estimate of drug-likeness (QED) is 0.598. The van der Waals surface area contributed by atoms with Gasteiger partial charge in [-0.15, -0.1) is 11.3 Å². The van der Waals surface area contributed by atoms with Gasteiger partial charge < -0.3 is 5.32 Å². The van der Waals surface area contributed by atoms with Crippen LogP contribution in [-0.4, -0.2) is 4.98 Å². The molecule has 0 bridgehead atoms. The molecule has 0 atom stereocenters. The zero-order valence-corrected chi connectivity index (χ0v) is 14.1. The normalized spacial score (nSPS) is 10.9. The van der Waals surface area contributed by atoms with E-state index >= 15 is 0 Å². The molecular formula is C14H9BrCl2N2S. The third kappa shape index (κ3) is 2.93. The van der Waals surface area contributed by atoms with E-state index in [1.54, 1.807) is 17.4 Å². The van der Waals surface area contributed by atoms with Gasteiger partial charge in [-0.2, -0.15) is 0 Å². The highest BCUT2D eigenvalue weighted by Gasteiger charge is 2.09. The maximum Gasteiger partial charge on any atom is 0.113 e. The Labute approximate surface area is 138 Å². The first-order valence-electron chi connectivity index (χ1n) is 5.86. The summed E-state index contributed by atoms with van der Waals surface area (Å²) in [6, 6.07) is 11.8. The molecule has 6 heteroatoms. The van der Waals surface area contributed by atoms with E-state index < -0.39 is 0 Å². The summed E-state index contributed by atoms with van der Waals surface area (Å²) in [5.74, 6) is 0. The van der Waals surface area contributed by atoms with Gasteiger partial charge in [-0.1, -0.05) is 45.2 Å². The maximum absolute atomic E-state index is 6.16. The molecule has 3 aromatic rings. The first-order chi connectivity index (χ1) is 9.63. The number of hydrogen-bond acceptors (Lipinski definition) is 3. The van der Waals surface area contributed by atoms with E-state index in [1.807, 2.05) is 30.3 Å². The topological polar surface area (TPSA) is 24.9 Å². The molecule has 0 unspecified atom stereocenters. The van der Waals surface area contributed by atoms with Crippen molar-refractivity contribution in [2.75, 3.05) is 5.32 Å². The van der Waals surface area contributed by atoms with Crippen molar-refractivity contribution < 1.29 is 0 Å². The lowest BCUT2D eigenvalue weighted by atomic mass is 10.3. The third-order valence-corrected chi connectivity index (χ3v) is 5.07. The lowest BCUT2D eigenvalue weighted by Gasteiger charge is -2.03. The van der Waals surface area contributed by atoms with Crippen LogP contribution in [0.3, 0.4) is 0 Å². The fourth-order valence-corrected chi connectivity index (χ4v) is 3.57. The van der Waals surface area contributed by atoms with Gasteiger partial charge in [0.25, 0.3) is 0 Å². The average molecular weight is 388 g/mol. The smallest absolute Gasteiger partial charge is 0.113 e. The average Bonchev–Trinajstić information content (AvgIpc) is 2.85. The van der Waals surface area contributed by atoms with Gasteiger partial charge >= 0.3 is 0 Å². The molecule has 1 aromatic heterocycles. The molecule has 0 saturated carbocycles. The van der Waals surface area contributed by atoms with Crippen LogP contribution in [0.25, 0.3) is 10.2 Å². The minimum atomic E-state index is 0.522. The molecule has 0 fully saturated rings. The molecule has 0 aliphatic rings. The Morgan fingerprint density at radius 3 is 2.85 bits per heavy atom. The Bertz CT molecular complexity index is 773. The van der Waals surface area contributed by atoms with Crippen LogP contribution in [0.2, 0.25) is 10.0 Å². The number of benzene rings is 2. The van der Waals surface area contributed by atoms with Gasteiger partial charge in [0.15, 0.2) is 0 Å². The fraction of sp³-hybridized carbons (Fsp3) is 0.0714. The van der Waals surface area contributed by atoms with Crippen LogP contribution in [0.5, 0.6) is 0 Å². The largest absolute Gasteiger partial charge is 0.378 e. The van der Waals surface area contributed by atoms with Crippen molar-refractivity contribution >= 4 is 66.4 Å². The van der Waals surface area contributed by atoms with Gasteiger partial charge in [-0.05, 0) is 30.3 Å². The number of rotatable bonds is 3. The van der Waals surface area contributed by atoms with Crippen molar-refractivity contribution in [3.63, 3.8) is 0 Å². The van der Waals surface area contributed by atoms with E-state index in [4.69, 9.17) is 23.2 Å². The molecule has 1 N–H and O–H groups in total. The highest BCUT2D eigenvalue weighted by molar-refractivity contribution is 9.10. The zero-order valence-electron chi connectivity index (χ0n) is 10.2. The number of anilines is 1. The molecule has 0 saturated heterocycles. The molecule has 102 valence electrons. The van der Waals surface area contributed by atoms with Crippen LogP contribution in [-0.2, 0) is 6.54 Å². The number of halogens is 3. The zero-order chi connectivity index (χ0) is 14.1. The molecule has 0 amide bonds. The monoisotopic (exact) mass is 386 g/mol. The predicted octanol–water partition coefficient (Wildman–Crippen LogP) is 5.98. The molecule has 3 rings (SSSR count). The third-order valence-electron chi connectivity index (χ3n) is 2.76. The van der Waals surface area contributed by atoms with Crippen molar-refractivity contribution in [1.29, 1.82) is 0 Å². The van der Waals surface area contributed by atoms with E-state index in [0.717, 1.165) is 25.4 Å². The van der Waals surface area contributed by atoms with E-state index in [1.165, 1.54) is 0 Å². The number of hydrogen-bond donors (Lipinski definition) is 1. The molecule has 0 aliphatic carbocycles. The lowest BCUT2D eigenvalue weighted by Crippen LogP contribution is -1.98. The maximum atomic E-state index is 6.16. The van der Waals surface area contributed by atoms with Gasteiger partial charge in [0.05, 0.1) is 21.3 Å². The summed E-state index contributed by atoms with van der Waals surface area (Å²) in [4.78, 5) is 4.54. The van der Waals surface area contributed by atoms with Crippen LogP contribution in [0.1, 0.15) is 5.01 Å². The highest BCUT2D eigenvalue weighted by atomic mass is 79.9. The summed E-state index contributed by atoms with van der Waals surface area (Å²) < 4.78 is 2.09. The Balaban J connectivity index is 1.83.